The zero-order chi connectivity index (χ0) is 8.10. The summed E-state index contributed by atoms with van der Waals surface area (Å²) in [6.07, 6.45) is 1.08. The van der Waals surface area contributed by atoms with Crippen LogP contribution in [-0.4, -0.2) is 5.45 Å². The van der Waals surface area contributed by atoms with Crippen molar-refractivity contribution in [2.24, 2.45) is 0 Å². The summed E-state index contributed by atoms with van der Waals surface area (Å²) in [5.41, 5.74) is 3.41. The molecule has 0 bridgehead atoms. The SMILES string of the molecule is CCc1ccccc1NCBr. The van der Waals surface area contributed by atoms with Crippen LogP contribution < -0.4 is 5.32 Å². The Kier molecular flexibility index (Phi) is 3.43. The quantitative estimate of drug-likeness (QED) is 0.602. The van der Waals surface area contributed by atoms with Crippen LogP contribution >= 0.6 is 15.9 Å². The number of para-hydroxylation sites is 1. The minimum absolute atomic E-state index is 0.810. The summed E-state index contributed by atoms with van der Waals surface area (Å²) >= 11 is 3.34. The maximum atomic E-state index is 3.34. The Bertz CT molecular complexity index is 223. The lowest BCUT2D eigenvalue weighted by molar-refractivity contribution is 1.14. The molecule has 0 aliphatic heterocycles. The summed E-state index contributed by atoms with van der Waals surface area (Å²) in [7, 11) is 0. The van der Waals surface area contributed by atoms with Crippen molar-refractivity contribution in [3.8, 4) is 0 Å². The Morgan fingerprint density at radius 2 is 2.09 bits per heavy atom. The first-order valence-electron chi connectivity index (χ1n) is 3.76. The molecule has 1 nitrogen and oxygen atoms in total. The molecule has 2 heteroatoms. The number of hydrogen-bond donors (Lipinski definition) is 1. The predicted octanol–water partition coefficient (Wildman–Crippen LogP) is 3.01. The molecule has 0 saturated heterocycles. The largest absolute Gasteiger partial charge is 0.375 e. The molecule has 0 saturated carbocycles. The average molecular weight is 214 g/mol. The van der Waals surface area contributed by atoms with E-state index in [9.17, 15) is 0 Å². The second kappa shape index (κ2) is 4.39. The molecule has 1 aromatic rings. The molecule has 0 spiro atoms. The minimum atomic E-state index is 0.810. The van der Waals surface area contributed by atoms with E-state index < -0.39 is 0 Å². The smallest absolute Gasteiger partial charge is 0.0707 e. The fraction of sp³-hybridized carbons (Fsp3) is 0.333. The molecular weight excluding hydrogens is 202 g/mol. The maximum Gasteiger partial charge on any atom is 0.0707 e. The molecule has 0 aliphatic rings. The lowest BCUT2D eigenvalue weighted by Crippen LogP contribution is -1.97. The molecule has 0 aromatic heterocycles. The summed E-state index contributed by atoms with van der Waals surface area (Å²) in [4.78, 5) is 0. The van der Waals surface area contributed by atoms with Crippen molar-refractivity contribution in [2.45, 2.75) is 13.3 Å². The molecule has 1 aromatic carbocycles. The van der Waals surface area contributed by atoms with Gasteiger partial charge in [-0.25, -0.2) is 0 Å². The van der Waals surface area contributed by atoms with Crippen LogP contribution in [-0.2, 0) is 6.42 Å². The Balaban J connectivity index is 2.83. The van der Waals surface area contributed by atoms with E-state index in [-0.39, 0.29) is 0 Å². The first kappa shape index (κ1) is 8.60. The van der Waals surface area contributed by atoms with Crippen LogP contribution in [0.15, 0.2) is 24.3 Å². The van der Waals surface area contributed by atoms with Gasteiger partial charge in [-0.1, -0.05) is 41.1 Å². The van der Waals surface area contributed by atoms with Crippen LogP contribution in [0.4, 0.5) is 5.69 Å². The van der Waals surface area contributed by atoms with E-state index in [1.165, 1.54) is 11.3 Å². The molecule has 0 amide bonds. The molecule has 0 heterocycles. The van der Waals surface area contributed by atoms with E-state index in [2.05, 4.69) is 46.4 Å². The molecule has 0 fully saturated rings. The average Bonchev–Trinajstić information content (AvgIpc) is 2.06. The molecule has 0 atom stereocenters. The van der Waals surface area contributed by atoms with E-state index in [4.69, 9.17) is 0 Å². The molecule has 1 N–H and O–H groups in total. The number of benzene rings is 1. The van der Waals surface area contributed by atoms with E-state index in [1.54, 1.807) is 0 Å². The molecular formula is C9H12BrN. The normalized spacial score (nSPS) is 9.64. The predicted molar refractivity (Wildman–Crippen MR) is 53.2 cm³/mol. The molecule has 0 radical (unpaired) electrons. The number of nitrogens with one attached hydrogen (secondary N) is 1. The number of anilines is 1. The van der Waals surface area contributed by atoms with Crippen molar-refractivity contribution < 1.29 is 0 Å². The van der Waals surface area contributed by atoms with Crippen LogP contribution in [0.3, 0.4) is 0 Å². The van der Waals surface area contributed by atoms with Crippen molar-refractivity contribution in [3.05, 3.63) is 29.8 Å². The topological polar surface area (TPSA) is 12.0 Å². The van der Waals surface area contributed by atoms with Crippen molar-refractivity contribution >= 4 is 21.6 Å². The molecule has 0 aliphatic carbocycles. The molecule has 0 unspecified atom stereocenters. The number of halogens is 1. The molecule has 1 rings (SSSR count). The van der Waals surface area contributed by atoms with Gasteiger partial charge in [0.2, 0.25) is 0 Å². The Morgan fingerprint density at radius 1 is 1.36 bits per heavy atom. The summed E-state index contributed by atoms with van der Waals surface area (Å²) in [5, 5.41) is 3.24. The lowest BCUT2D eigenvalue weighted by Gasteiger charge is -2.06. The van der Waals surface area contributed by atoms with Gasteiger partial charge < -0.3 is 5.32 Å². The second-order valence-electron chi connectivity index (χ2n) is 2.32. The van der Waals surface area contributed by atoms with Crippen molar-refractivity contribution in [2.75, 3.05) is 10.8 Å². The monoisotopic (exact) mass is 213 g/mol. The number of alkyl halides is 1. The highest BCUT2D eigenvalue weighted by molar-refractivity contribution is 9.09. The Morgan fingerprint density at radius 3 is 2.73 bits per heavy atom. The van der Waals surface area contributed by atoms with Gasteiger partial charge in [0.05, 0.1) is 5.45 Å². The van der Waals surface area contributed by atoms with E-state index in [1.807, 2.05) is 6.07 Å². The van der Waals surface area contributed by atoms with Gasteiger partial charge in [-0.05, 0) is 18.1 Å². The van der Waals surface area contributed by atoms with Crippen LogP contribution in [0.25, 0.3) is 0 Å². The highest BCUT2D eigenvalue weighted by Crippen LogP contribution is 2.15. The third-order valence-corrected chi connectivity index (χ3v) is 1.94. The van der Waals surface area contributed by atoms with Gasteiger partial charge in [-0.15, -0.1) is 0 Å². The van der Waals surface area contributed by atoms with Gasteiger partial charge in [-0.2, -0.15) is 0 Å². The standard InChI is InChI=1S/C9H12BrN/c1-2-8-5-3-4-6-9(8)11-7-10/h3-6,11H,2,7H2,1H3. The van der Waals surface area contributed by atoms with Crippen LogP contribution in [0.2, 0.25) is 0 Å². The van der Waals surface area contributed by atoms with Crippen molar-refractivity contribution in [1.82, 2.24) is 0 Å². The minimum Gasteiger partial charge on any atom is -0.375 e. The van der Waals surface area contributed by atoms with Gasteiger partial charge in [0.15, 0.2) is 0 Å². The van der Waals surface area contributed by atoms with Crippen LogP contribution in [0, 0.1) is 0 Å². The van der Waals surface area contributed by atoms with Gasteiger partial charge in [0.25, 0.3) is 0 Å². The number of aryl methyl sites for hydroxylation is 1. The molecule has 11 heavy (non-hydrogen) atoms. The first-order chi connectivity index (χ1) is 5.38. The Labute approximate surface area is 75.9 Å². The third-order valence-electron chi connectivity index (χ3n) is 1.66. The molecule has 60 valence electrons. The second-order valence-corrected chi connectivity index (χ2v) is 2.88. The zero-order valence-electron chi connectivity index (χ0n) is 6.60. The first-order valence-corrected chi connectivity index (χ1v) is 4.88. The van der Waals surface area contributed by atoms with Gasteiger partial charge in [0, 0.05) is 5.69 Å². The number of rotatable bonds is 3. The van der Waals surface area contributed by atoms with Gasteiger partial charge in [0.1, 0.15) is 0 Å². The van der Waals surface area contributed by atoms with Crippen molar-refractivity contribution in [3.63, 3.8) is 0 Å². The Hall–Kier alpha value is -0.500. The van der Waals surface area contributed by atoms with E-state index >= 15 is 0 Å². The van der Waals surface area contributed by atoms with E-state index in [0.29, 0.717) is 0 Å². The highest BCUT2D eigenvalue weighted by Gasteiger charge is 1.95. The van der Waals surface area contributed by atoms with Crippen molar-refractivity contribution in [1.29, 1.82) is 0 Å². The summed E-state index contributed by atoms with van der Waals surface area (Å²) in [6, 6.07) is 8.35. The number of hydrogen-bond acceptors (Lipinski definition) is 1. The zero-order valence-corrected chi connectivity index (χ0v) is 8.19. The summed E-state index contributed by atoms with van der Waals surface area (Å²) in [6.45, 7) is 2.16. The highest BCUT2D eigenvalue weighted by atomic mass is 79.9. The third kappa shape index (κ3) is 2.22. The fourth-order valence-electron chi connectivity index (χ4n) is 1.07. The van der Waals surface area contributed by atoms with Gasteiger partial charge in [-0.3, -0.25) is 0 Å². The van der Waals surface area contributed by atoms with Gasteiger partial charge >= 0.3 is 0 Å². The summed E-state index contributed by atoms with van der Waals surface area (Å²) in [5.74, 6) is 0. The van der Waals surface area contributed by atoms with Crippen LogP contribution in [0.5, 0.6) is 0 Å². The fourth-order valence-corrected chi connectivity index (χ4v) is 1.38. The van der Waals surface area contributed by atoms with E-state index in [0.717, 1.165) is 11.9 Å². The van der Waals surface area contributed by atoms with Crippen LogP contribution in [0.1, 0.15) is 12.5 Å². The lowest BCUT2D eigenvalue weighted by atomic mass is 10.1. The summed E-state index contributed by atoms with van der Waals surface area (Å²) < 4.78 is 0. The maximum absolute atomic E-state index is 3.34.